The number of rotatable bonds is 8. The van der Waals surface area contributed by atoms with E-state index < -0.39 is 0 Å². The minimum atomic E-state index is 0.632. The van der Waals surface area contributed by atoms with Gasteiger partial charge in [-0.1, -0.05) is 13.8 Å². The third-order valence-electron chi connectivity index (χ3n) is 3.38. The van der Waals surface area contributed by atoms with Crippen LogP contribution in [-0.2, 0) is 6.54 Å². The minimum Gasteiger partial charge on any atom is -0.475 e. The lowest BCUT2D eigenvalue weighted by Crippen LogP contribution is -2.25. The molecule has 0 spiro atoms. The van der Waals surface area contributed by atoms with Crippen molar-refractivity contribution in [3.05, 3.63) is 18.1 Å². The summed E-state index contributed by atoms with van der Waals surface area (Å²) in [6, 6.07) is 0. The summed E-state index contributed by atoms with van der Waals surface area (Å²) < 4.78 is 5.69. The SMILES string of the molecule is CC(C)CNCc1cncc(OCCN2CCCC2)n1. The van der Waals surface area contributed by atoms with Crippen molar-refractivity contribution >= 4 is 0 Å². The van der Waals surface area contributed by atoms with Crippen molar-refractivity contribution < 1.29 is 4.74 Å². The van der Waals surface area contributed by atoms with Gasteiger partial charge in [0.2, 0.25) is 5.88 Å². The van der Waals surface area contributed by atoms with Crippen LogP contribution in [0.2, 0.25) is 0 Å². The molecule has 1 N–H and O–H groups in total. The molecule has 1 aliphatic heterocycles. The van der Waals surface area contributed by atoms with Crippen molar-refractivity contribution in [1.29, 1.82) is 0 Å². The predicted molar refractivity (Wildman–Crippen MR) is 79.7 cm³/mol. The van der Waals surface area contributed by atoms with E-state index in [1.165, 1.54) is 25.9 Å². The largest absolute Gasteiger partial charge is 0.475 e. The second kappa shape index (κ2) is 8.17. The normalized spacial score (nSPS) is 15.9. The van der Waals surface area contributed by atoms with Gasteiger partial charge in [-0.05, 0) is 38.4 Å². The van der Waals surface area contributed by atoms with Crippen LogP contribution < -0.4 is 10.1 Å². The Kier molecular flexibility index (Phi) is 6.21. The molecule has 0 atom stereocenters. The fourth-order valence-electron chi connectivity index (χ4n) is 2.32. The van der Waals surface area contributed by atoms with Gasteiger partial charge in [-0.25, -0.2) is 4.98 Å². The highest BCUT2D eigenvalue weighted by molar-refractivity contribution is 5.08. The Bertz CT molecular complexity index is 391. The molecule has 0 unspecified atom stereocenters. The average molecular weight is 278 g/mol. The highest BCUT2D eigenvalue weighted by Gasteiger charge is 2.11. The first-order chi connectivity index (χ1) is 9.74. The molecule has 1 saturated heterocycles. The maximum absolute atomic E-state index is 5.69. The lowest BCUT2D eigenvalue weighted by Gasteiger charge is -2.14. The molecule has 5 heteroatoms. The van der Waals surface area contributed by atoms with Gasteiger partial charge in [-0.3, -0.25) is 9.88 Å². The van der Waals surface area contributed by atoms with E-state index in [-0.39, 0.29) is 0 Å². The molecule has 112 valence electrons. The van der Waals surface area contributed by atoms with Crippen molar-refractivity contribution in [3.63, 3.8) is 0 Å². The summed E-state index contributed by atoms with van der Waals surface area (Å²) in [7, 11) is 0. The number of likely N-dealkylation sites (tertiary alicyclic amines) is 1. The summed E-state index contributed by atoms with van der Waals surface area (Å²) in [6.07, 6.45) is 6.12. The van der Waals surface area contributed by atoms with E-state index in [0.717, 1.165) is 25.3 Å². The Hall–Kier alpha value is -1.20. The van der Waals surface area contributed by atoms with Gasteiger partial charge in [0, 0.05) is 19.3 Å². The molecule has 0 aliphatic carbocycles. The fraction of sp³-hybridized carbons (Fsp3) is 0.733. The third kappa shape index (κ3) is 5.43. The molecule has 20 heavy (non-hydrogen) atoms. The van der Waals surface area contributed by atoms with E-state index in [1.807, 2.05) is 0 Å². The molecular weight excluding hydrogens is 252 g/mol. The molecule has 1 aromatic rings. The fourth-order valence-corrected chi connectivity index (χ4v) is 2.32. The van der Waals surface area contributed by atoms with E-state index in [1.54, 1.807) is 12.4 Å². The Morgan fingerprint density at radius 3 is 2.85 bits per heavy atom. The summed E-state index contributed by atoms with van der Waals surface area (Å²) in [5.41, 5.74) is 0.935. The summed E-state index contributed by atoms with van der Waals surface area (Å²) in [5, 5.41) is 3.36. The van der Waals surface area contributed by atoms with Crippen LogP contribution in [0.4, 0.5) is 0 Å². The van der Waals surface area contributed by atoms with E-state index in [4.69, 9.17) is 4.74 Å². The van der Waals surface area contributed by atoms with Gasteiger partial charge in [0.15, 0.2) is 0 Å². The zero-order chi connectivity index (χ0) is 14.2. The number of hydrogen-bond donors (Lipinski definition) is 1. The molecular formula is C15H26N4O. The quantitative estimate of drug-likeness (QED) is 0.784. The van der Waals surface area contributed by atoms with Crippen LogP contribution in [-0.4, -0.2) is 47.7 Å². The van der Waals surface area contributed by atoms with Crippen LogP contribution in [0.5, 0.6) is 5.88 Å². The molecule has 1 aliphatic rings. The Balaban J connectivity index is 1.71. The highest BCUT2D eigenvalue weighted by atomic mass is 16.5. The van der Waals surface area contributed by atoms with Crippen LogP contribution in [0.25, 0.3) is 0 Å². The van der Waals surface area contributed by atoms with Crippen LogP contribution in [0.3, 0.4) is 0 Å². The molecule has 0 bridgehead atoms. The Morgan fingerprint density at radius 1 is 1.30 bits per heavy atom. The molecule has 0 amide bonds. The molecule has 0 aromatic carbocycles. The Labute approximate surface area is 121 Å². The van der Waals surface area contributed by atoms with Gasteiger partial charge in [0.05, 0.1) is 11.9 Å². The standard InChI is InChI=1S/C15H26N4O/c1-13(2)9-16-10-14-11-17-12-15(18-14)20-8-7-19-5-3-4-6-19/h11-13,16H,3-10H2,1-2H3. The minimum absolute atomic E-state index is 0.632. The van der Waals surface area contributed by atoms with Crippen LogP contribution in [0, 0.1) is 5.92 Å². The topological polar surface area (TPSA) is 50.3 Å². The van der Waals surface area contributed by atoms with Gasteiger partial charge in [0.1, 0.15) is 6.61 Å². The number of ether oxygens (including phenoxy) is 1. The Morgan fingerprint density at radius 2 is 2.10 bits per heavy atom. The van der Waals surface area contributed by atoms with E-state index >= 15 is 0 Å². The summed E-state index contributed by atoms with van der Waals surface area (Å²) in [4.78, 5) is 11.1. The van der Waals surface area contributed by atoms with E-state index in [9.17, 15) is 0 Å². The number of aromatic nitrogens is 2. The van der Waals surface area contributed by atoms with Gasteiger partial charge in [-0.15, -0.1) is 0 Å². The zero-order valence-electron chi connectivity index (χ0n) is 12.6. The second-order valence-electron chi connectivity index (χ2n) is 5.77. The first kappa shape index (κ1) is 15.2. The molecule has 1 aromatic heterocycles. The maximum atomic E-state index is 5.69. The van der Waals surface area contributed by atoms with Gasteiger partial charge in [-0.2, -0.15) is 0 Å². The van der Waals surface area contributed by atoms with Crippen molar-refractivity contribution in [2.45, 2.75) is 33.2 Å². The number of nitrogens with zero attached hydrogens (tertiary/aromatic N) is 3. The van der Waals surface area contributed by atoms with Crippen molar-refractivity contribution in [2.75, 3.05) is 32.8 Å². The number of hydrogen-bond acceptors (Lipinski definition) is 5. The molecule has 0 saturated carbocycles. The van der Waals surface area contributed by atoms with Crippen molar-refractivity contribution in [1.82, 2.24) is 20.2 Å². The van der Waals surface area contributed by atoms with Crippen molar-refractivity contribution in [2.24, 2.45) is 5.92 Å². The molecule has 0 radical (unpaired) electrons. The zero-order valence-corrected chi connectivity index (χ0v) is 12.6. The predicted octanol–water partition coefficient (Wildman–Crippen LogP) is 1.70. The molecule has 2 heterocycles. The van der Waals surface area contributed by atoms with Gasteiger partial charge in [0.25, 0.3) is 0 Å². The van der Waals surface area contributed by atoms with E-state index in [0.29, 0.717) is 18.4 Å². The van der Waals surface area contributed by atoms with Crippen LogP contribution in [0.15, 0.2) is 12.4 Å². The average Bonchev–Trinajstić information content (AvgIpc) is 2.92. The summed E-state index contributed by atoms with van der Waals surface area (Å²) >= 11 is 0. The van der Waals surface area contributed by atoms with Gasteiger partial charge < -0.3 is 10.1 Å². The summed E-state index contributed by atoms with van der Waals surface area (Å²) in [6.45, 7) is 10.2. The van der Waals surface area contributed by atoms with Crippen LogP contribution in [0.1, 0.15) is 32.4 Å². The molecule has 5 nitrogen and oxygen atoms in total. The first-order valence-corrected chi connectivity index (χ1v) is 7.61. The smallest absolute Gasteiger partial charge is 0.232 e. The lowest BCUT2D eigenvalue weighted by molar-refractivity contribution is 0.231. The third-order valence-corrected chi connectivity index (χ3v) is 3.38. The second-order valence-corrected chi connectivity index (χ2v) is 5.77. The lowest BCUT2D eigenvalue weighted by atomic mass is 10.2. The van der Waals surface area contributed by atoms with Crippen molar-refractivity contribution in [3.8, 4) is 5.88 Å². The van der Waals surface area contributed by atoms with Crippen LogP contribution >= 0.6 is 0 Å². The molecule has 1 fully saturated rings. The molecule has 2 rings (SSSR count). The highest BCUT2D eigenvalue weighted by Crippen LogP contribution is 2.08. The maximum Gasteiger partial charge on any atom is 0.232 e. The van der Waals surface area contributed by atoms with E-state index in [2.05, 4.69) is 34.0 Å². The monoisotopic (exact) mass is 278 g/mol. The van der Waals surface area contributed by atoms with Gasteiger partial charge >= 0.3 is 0 Å². The number of nitrogens with one attached hydrogen (secondary N) is 1. The summed E-state index contributed by atoms with van der Waals surface area (Å²) in [5.74, 6) is 1.27. The first-order valence-electron chi connectivity index (χ1n) is 7.61.